The molecule has 366 valence electrons. The van der Waals surface area contributed by atoms with Crippen molar-refractivity contribution in [2.45, 2.75) is 204 Å². The van der Waals surface area contributed by atoms with Crippen LogP contribution in [0.15, 0.2) is 11.6 Å². The fourth-order valence-electron chi connectivity index (χ4n) is 15.6. The second-order valence-electron chi connectivity index (χ2n) is 22.9. The molecular formula is C47H76O17. The number of ether oxygens (including phenoxy) is 7. The Hall–Kier alpha value is -0.940. The Morgan fingerprint density at radius 1 is 0.672 bits per heavy atom. The van der Waals surface area contributed by atoms with Gasteiger partial charge in [-0.25, -0.2) is 0 Å². The maximum absolute atomic E-state index is 12.6. The van der Waals surface area contributed by atoms with Crippen LogP contribution in [-0.2, 0) is 33.2 Å². The summed E-state index contributed by atoms with van der Waals surface area (Å²) in [4.78, 5) is 0. The SMILES string of the molecule is C[C@H]1[C@H](C)CC[C@]2(CO)[C@@H]3O[C@@H]3[C@]3(C)C(=C[C@@H](O)[C@@H]4[C@@]5(C)CC[C@H](O[C@@H]6O[C@H](C)[C@H](O)[C@H](O)[C@H]6O[C@@H]6O[C@H](CO)[C@@H](O)[C@H](O)[C@H]6O[C@@H]6OC[C@@H](O)[C@H](O)[C@H]6O)C(C)(C)[C@H]5CC[C@]43C)[C@@H]12. The lowest BCUT2D eigenvalue weighted by atomic mass is 9.33. The van der Waals surface area contributed by atoms with Crippen LogP contribution in [0.4, 0.5) is 0 Å². The summed E-state index contributed by atoms with van der Waals surface area (Å²) in [5.41, 5.74) is -0.559. The lowest BCUT2D eigenvalue weighted by Gasteiger charge is -2.71. The predicted octanol–water partition coefficient (Wildman–Crippen LogP) is 0.0945. The highest BCUT2D eigenvalue weighted by molar-refractivity contribution is 5.42. The van der Waals surface area contributed by atoms with Crippen LogP contribution in [0, 0.1) is 56.7 Å². The topological polar surface area (TPSA) is 270 Å². The third kappa shape index (κ3) is 6.79. The molecule has 0 bridgehead atoms. The van der Waals surface area contributed by atoms with Crippen LogP contribution >= 0.6 is 0 Å². The van der Waals surface area contributed by atoms with Gasteiger partial charge in [-0.2, -0.15) is 0 Å². The average Bonchev–Trinajstić information content (AvgIpc) is 4.07. The number of fused-ring (bicyclic) bond motifs is 10. The van der Waals surface area contributed by atoms with Gasteiger partial charge in [0.15, 0.2) is 18.9 Å². The van der Waals surface area contributed by atoms with E-state index in [0.717, 1.165) is 25.7 Å². The van der Waals surface area contributed by atoms with E-state index in [9.17, 15) is 51.1 Å². The highest BCUT2D eigenvalue weighted by Gasteiger charge is 2.79. The quantitative estimate of drug-likeness (QED) is 0.0879. The summed E-state index contributed by atoms with van der Waals surface area (Å²) in [6.07, 6.45) is -15.4. The molecule has 9 aliphatic rings. The zero-order valence-electron chi connectivity index (χ0n) is 38.6. The summed E-state index contributed by atoms with van der Waals surface area (Å²) >= 11 is 0. The van der Waals surface area contributed by atoms with Crippen molar-refractivity contribution in [2.24, 2.45) is 56.7 Å². The van der Waals surface area contributed by atoms with Gasteiger partial charge in [0.1, 0.15) is 61.0 Å². The highest BCUT2D eigenvalue weighted by atomic mass is 16.8. The van der Waals surface area contributed by atoms with Gasteiger partial charge in [0, 0.05) is 16.7 Å². The van der Waals surface area contributed by atoms with Crippen molar-refractivity contribution in [1.29, 1.82) is 0 Å². The van der Waals surface area contributed by atoms with E-state index < -0.39 is 117 Å². The molecule has 9 rings (SSSR count). The first-order valence-electron chi connectivity index (χ1n) is 24.0. The zero-order valence-corrected chi connectivity index (χ0v) is 38.6. The molecule has 4 saturated carbocycles. The van der Waals surface area contributed by atoms with Gasteiger partial charge >= 0.3 is 0 Å². The molecule has 17 heteroatoms. The molecule has 0 amide bonds. The smallest absolute Gasteiger partial charge is 0.187 e. The number of epoxide rings is 1. The van der Waals surface area contributed by atoms with E-state index in [2.05, 4.69) is 54.5 Å². The Morgan fingerprint density at radius 2 is 1.33 bits per heavy atom. The third-order valence-corrected chi connectivity index (χ3v) is 19.6. The Labute approximate surface area is 376 Å². The van der Waals surface area contributed by atoms with E-state index >= 15 is 0 Å². The second-order valence-corrected chi connectivity index (χ2v) is 22.9. The third-order valence-electron chi connectivity index (χ3n) is 19.6. The second kappa shape index (κ2) is 16.6. The van der Waals surface area contributed by atoms with E-state index in [4.69, 9.17) is 33.2 Å². The Bertz CT molecular complexity index is 1750. The first kappa shape index (κ1) is 48.1. The molecule has 0 aromatic rings. The van der Waals surface area contributed by atoms with E-state index in [1.54, 1.807) is 6.92 Å². The van der Waals surface area contributed by atoms with E-state index in [1.807, 2.05) is 0 Å². The number of aliphatic hydroxyl groups is 10. The fraction of sp³-hybridized carbons (Fsp3) is 0.957. The van der Waals surface area contributed by atoms with Gasteiger partial charge in [-0.05, 0) is 85.4 Å². The summed E-state index contributed by atoms with van der Waals surface area (Å²) < 4.78 is 43.5. The van der Waals surface area contributed by atoms with Crippen molar-refractivity contribution in [3.63, 3.8) is 0 Å². The van der Waals surface area contributed by atoms with Crippen molar-refractivity contribution < 1.29 is 84.2 Å². The number of hydrogen-bond acceptors (Lipinski definition) is 17. The molecule has 17 nitrogen and oxygen atoms in total. The van der Waals surface area contributed by atoms with E-state index in [0.29, 0.717) is 24.7 Å². The lowest BCUT2D eigenvalue weighted by molar-refractivity contribution is -0.393. The van der Waals surface area contributed by atoms with Crippen LogP contribution in [0.1, 0.15) is 93.9 Å². The number of hydrogen-bond donors (Lipinski definition) is 10. The largest absolute Gasteiger partial charge is 0.396 e. The minimum Gasteiger partial charge on any atom is -0.396 e. The van der Waals surface area contributed by atoms with Crippen molar-refractivity contribution in [3.8, 4) is 0 Å². The maximum Gasteiger partial charge on any atom is 0.187 e. The van der Waals surface area contributed by atoms with Crippen molar-refractivity contribution in [3.05, 3.63) is 11.6 Å². The van der Waals surface area contributed by atoms with Gasteiger partial charge in [0.05, 0.1) is 50.3 Å². The number of aliphatic hydroxyl groups excluding tert-OH is 10. The minimum atomic E-state index is -1.80. The zero-order chi connectivity index (χ0) is 46.4. The van der Waals surface area contributed by atoms with Crippen molar-refractivity contribution >= 4 is 0 Å². The van der Waals surface area contributed by atoms with Crippen LogP contribution < -0.4 is 0 Å². The first-order valence-corrected chi connectivity index (χ1v) is 24.0. The molecule has 4 aliphatic heterocycles. The van der Waals surface area contributed by atoms with Gasteiger partial charge in [-0.3, -0.25) is 0 Å². The maximum atomic E-state index is 12.6. The molecule has 64 heavy (non-hydrogen) atoms. The molecule has 5 aliphatic carbocycles. The lowest BCUT2D eigenvalue weighted by Crippen LogP contribution is -2.70. The molecule has 0 spiro atoms. The monoisotopic (exact) mass is 913 g/mol. The van der Waals surface area contributed by atoms with Crippen LogP contribution in [0.25, 0.3) is 0 Å². The molecule has 0 aromatic heterocycles. The van der Waals surface area contributed by atoms with Gasteiger partial charge in [-0.15, -0.1) is 0 Å². The van der Waals surface area contributed by atoms with Gasteiger partial charge in [0.2, 0.25) is 0 Å². The fourth-order valence-corrected chi connectivity index (χ4v) is 15.6. The minimum absolute atomic E-state index is 0.0156. The molecule has 4 saturated heterocycles. The van der Waals surface area contributed by atoms with Gasteiger partial charge in [-0.1, -0.05) is 60.1 Å². The van der Waals surface area contributed by atoms with Crippen LogP contribution in [0.3, 0.4) is 0 Å². The summed E-state index contributed by atoms with van der Waals surface area (Å²) in [5, 5.41) is 110. The van der Waals surface area contributed by atoms with Crippen LogP contribution in [-0.4, -0.2) is 181 Å². The Balaban J connectivity index is 0.983. The molecule has 4 heterocycles. The van der Waals surface area contributed by atoms with Gasteiger partial charge in [0.25, 0.3) is 0 Å². The molecule has 0 aromatic carbocycles. The first-order chi connectivity index (χ1) is 30.0. The van der Waals surface area contributed by atoms with E-state index in [-0.39, 0.29) is 58.2 Å². The Kier molecular flexibility index (Phi) is 12.5. The summed E-state index contributed by atoms with van der Waals surface area (Å²) in [6.45, 7) is 16.6. The van der Waals surface area contributed by atoms with Crippen LogP contribution in [0.2, 0.25) is 0 Å². The average molecular weight is 913 g/mol. The summed E-state index contributed by atoms with van der Waals surface area (Å²) in [6, 6.07) is 0. The van der Waals surface area contributed by atoms with Crippen LogP contribution in [0.5, 0.6) is 0 Å². The molecule has 0 unspecified atom stereocenters. The molecular weight excluding hydrogens is 836 g/mol. The normalized spacial score (nSPS) is 59.0. The molecule has 0 radical (unpaired) electrons. The Morgan fingerprint density at radius 3 is 2.00 bits per heavy atom. The van der Waals surface area contributed by atoms with Crippen molar-refractivity contribution in [2.75, 3.05) is 19.8 Å². The summed E-state index contributed by atoms with van der Waals surface area (Å²) in [7, 11) is 0. The molecule has 27 atom stereocenters. The molecule has 8 fully saturated rings. The number of rotatable bonds is 8. The van der Waals surface area contributed by atoms with Gasteiger partial charge < -0.3 is 84.2 Å². The van der Waals surface area contributed by atoms with Crippen molar-refractivity contribution in [1.82, 2.24) is 0 Å². The predicted molar refractivity (Wildman–Crippen MR) is 223 cm³/mol. The van der Waals surface area contributed by atoms with E-state index in [1.165, 1.54) is 5.57 Å². The standard InChI is InChI=1S/C47H76O17/c1-19-9-14-47(18-49)28(20(19)2)22-15-23(50)37-44(6)12-11-27(43(4,5)26(44)10-13-45(37,7)46(22,8)38-39(47)64-38)61-41-35(32(55)29(52)21(3)59-41)63-42-36(33(56)31(54)25(16-48)60-42)62-40-34(57)30(53)24(51)17-58-40/h15,19-21,23-42,48-57H,9-14,16-18H2,1-8H3/t19-,20+,21-,23-,24-,25-,26-,27+,28-,29+,30+,31-,32+,33+,34-,35-,36-,37-,38+,39-,40+,41+,42+,44+,45-,46+,47-/m1/s1. The highest BCUT2D eigenvalue weighted by Crippen LogP contribution is 2.79. The molecule has 10 N–H and O–H groups in total. The summed E-state index contributed by atoms with van der Waals surface area (Å²) in [5.74, 6) is 0.905.